The van der Waals surface area contributed by atoms with Crippen molar-refractivity contribution in [1.29, 1.82) is 0 Å². The molecule has 0 unspecified atom stereocenters. The maximum atomic E-state index is 12.5. The van der Waals surface area contributed by atoms with Gasteiger partial charge in [0.05, 0.1) is 16.5 Å². The van der Waals surface area contributed by atoms with Gasteiger partial charge in [0.2, 0.25) is 0 Å². The molecule has 3 rings (SSSR count). The first-order valence-electron chi connectivity index (χ1n) is 6.55. The zero-order valence-corrected chi connectivity index (χ0v) is 12.2. The molecule has 0 N–H and O–H groups in total. The summed E-state index contributed by atoms with van der Waals surface area (Å²) < 4.78 is 1.59. The molecular formula is C16H13ClN2O2. The summed E-state index contributed by atoms with van der Waals surface area (Å²) in [6.07, 6.45) is 0.414. The van der Waals surface area contributed by atoms with E-state index in [1.165, 1.54) is 6.07 Å². The maximum absolute atomic E-state index is 12.5. The topological polar surface area (TPSA) is 51.0 Å². The SMILES string of the molecule is Cc1c(Cc2ccccc2)[n+](=O)c2ccc(Cl)cc2n1[O-]. The van der Waals surface area contributed by atoms with Gasteiger partial charge < -0.3 is 9.94 Å². The molecule has 0 aliphatic rings. The van der Waals surface area contributed by atoms with Crippen LogP contribution in [-0.4, -0.2) is 4.73 Å². The zero-order valence-electron chi connectivity index (χ0n) is 11.4. The number of nitrogens with zero attached hydrogens (tertiary/aromatic N) is 2. The Balaban J connectivity index is 2.24. The van der Waals surface area contributed by atoms with E-state index in [1.54, 1.807) is 19.1 Å². The smallest absolute Gasteiger partial charge is 0.286 e. The fourth-order valence-corrected chi connectivity index (χ4v) is 2.58. The Morgan fingerprint density at radius 1 is 1.19 bits per heavy atom. The van der Waals surface area contributed by atoms with Crippen LogP contribution in [0.2, 0.25) is 5.02 Å². The third kappa shape index (κ3) is 2.38. The summed E-state index contributed by atoms with van der Waals surface area (Å²) in [5.41, 5.74) is 2.44. The van der Waals surface area contributed by atoms with Crippen molar-refractivity contribution in [1.82, 2.24) is 4.73 Å². The molecule has 0 saturated carbocycles. The Bertz CT molecular complexity index is 873. The highest BCUT2D eigenvalue weighted by molar-refractivity contribution is 6.31. The molecule has 0 aliphatic carbocycles. The molecule has 106 valence electrons. The van der Waals surface area contributed by atoms with Gasteiger partial charge in [0.1, 0.15) is 5.52 Å². The van der Waals surface area contributed by atoms with Crippen molar-refractivity contribution in [3.63, 3.8) is 0 Å². The molecule has 21 heavy (non-hydrogen) atoms. The molecule has 0 fully saturated rings. The van der Waals surface area contributed by atoms with E-state index < -0.39 is 0 Å². The van der Waals surface area contributed by atoms with Crippen LogP contribution in [0, 0.1) is 17.0 Å². The molecule has 0 saturated heterocycles. The minimum atomic E-state index is 0.284. The van der Waals surface area contributed by atoms with Crippen molar-refractivity contribution in [3.8, 4) is 0 Å². The maximum Gasteiger partial charge on any atom is 0.286 e. The largest absolute Gasteiger partial charge is 0.805 e. The van der Waals surface area contributed by atoms with Crippen molar-refractivity contribution in [3.05, 3.63) is 80.6 Å². The average molecular weight is 301 g/mol. The Labute approximate surface area is 126 Å². The second kappa shape index (κ2) is 5.22. The van der Waals surface area contributed by atoms with Crippen LogP contribution in [0.15, 0.2) is 48.5 Å². The third-order valence-electron chi connectivity index (χ3n) is 3.56. The van der Waals surface area contributed by atoms with Gasteiger partial charge in [-0.25, -0.2) is 0 Å². The van der Waals surface area contributed by atoms with E-state index in [9.17, 15) is 10.1 Å². The van der Waals surface area contributed by atoms with Crippen LogP contribution in [0.1, 0.15) is 17.0 Å². The van der Waals surface area contributed by atoms with E-state index in [-0.39, 0.29) is 5.52 Å². The molecule has 0 spiro atoms. The lowest BCUT2D eigenvalue weighted by molar-refractivity contribution is -0.475. The fraction of sp³-hybridized carbons (Fsp3) is 0.125. The Hall–Kier alpha value is -2.33. The summed E-state index contributed by atoms with van der Waals surface area (Å²) in [7, 11) is 0. The summed E-state index contributed by atoms with van der Waals surface area (Å²) >= 11 is 5.90. The number of benzene rings is 2. The van der Waals surface area contributed by atoms with Gasteiger partial charge in [-0.3, -0.25) is 0 Å². The minimum Gasteiger partial charge on any atom is -0.805 e. The first-order chi connectivity index (χ1) is 10.1. The highest BCUT2D eigenvalue weighted by atomic mass is 35.5. The van der Waals surface area contributed by atoms with Crippen molar-refractivity contribution < 1.29 is 4.43 Å². The second-order valence-electron chi connectivity index (χ2n) is 4.92. The van der Waals surface area contributed by atoms with Crippen molar-refractivity contribution in [2.75, 3.05) is 0 Å². The summed E-state index contributed by atoms with van der Waals surface area (Å²) in [6, 6.07) is 14.3. The van der Waals surface area contributed by atoms with Crippen molar-refractivity contribution in [2.24, 2.45) is 0 Å². The summed E-state index contributed by atoms with van der Waals surface area (Å²) in [5.74, 6) is 0. The first kappa shape index (κ1) is 13.6. The van der Waals surface area contributed by atoms with E-state index in [0.29, 0.717) is 28.3 Å². The molecule has 0 bridgehead atoms. The molecular weight excluding hydrogens is 288 g/mol. The van der Waals surface area contributed by atoms with Gasteiger partial charge in [-0.15, -0.1) is 0 Å². The number of hydrogen-bond donors (Lipinski definition) is 0. The molecule has 0 atom stereocenters. The van der Waals surface area contributed by atoms with E-state index in [0.717, 1.165) is 14.7 Å². The van der Waals surface area contributed by atoms with Crippen LogP contribution >= 0.6 is 11.6 Å². The minimum absolute atomic E-state index is 0.284. The van der Waals surface area contributed by atoms with Gasteiger partial charge in [-0.05, 0) is 24.6 Å². The molecule has 4 nitrogen and oxygen atoms in total. The number of aromatic nitrogens is 2. The zero-order chi connectivity index (χ0) is 15.0. The molecule has 0 aliphatic heterocycles. The van der Waals surface area contributed by atoms with Crippen LogP contribution in [0.25, 0.3) is 11.0 Å². The van der Waals surface area contributed by atoms with E-state index in [1.807, 2.05) is 30.3 Å². The molecule has 1 heterocycles. The van der Waals surface area contributed by atoms with Crippen LogP contribution in [0.3, 0.4) is 0 Å². The molecule has 1 aromatic heterocycles. The monoisotopic (exact) mass is 300 g/mol. The quantitative estimate of drug-likeness (QED) is 0.681. The summed E-state index contributed by atoms with van der Waals surface area (Å²) in [6.45, 7) is 1.65. The number of rotatable bonds is 2. The standard InChI is InChI=1S/C16H13ClN2O2/c1-11-15(9-12-5-3-2-4-6-12)19(21)14-8-7-13(17)10-16(14)18(11)20/h2-8,10H,9H2,1H3. The number of fused-ring (bicyclic) bond motifs is 1. The molecule has 0 radical (unpaired) electrons. The van der Waals surface area contributed by atoms with Crippen LogP contribution < -0.4 is 4.43 Å². The van der Waals surface area contributed by atoms with E-state index in [2.05, 4.69) is 0 Å². The second-order valence-corrected chi connectivity index (χ2v) is 5.35. The van der Waals surface area contributed by atoms with Gasteiger partial charge in [-0.2, -0.15) is 0 Å². The van der Waals surface area contributed by atoms with Crippen LogP contribution in [0.5, 0.6) is 0 Å². The van der Waals surface area contributed by atoms with Gasteiger partial charge in [0.25, 0.3) is 11.2 Å². The van der Waals surface area contributed by atoms with Crippen molar-refractivity contribution in [2.45, 2.75) is 13.3 Å². The molecule has 2 aromatic carbocycles. The van der Waals surface area contributed by atoms with Gasteiger partial charge in [0.15, 0.2) is 0 Å². The third-order valence-corrected chi connectivity index (χ3v) is 3.79. The fourth-order valence-electron chi connectivity index (χ4n) is 2.41. The highest BCUT2D eigenvalue weighted by Gasteiger charge is 2.20. The van der Waals surface area contributed by atoms with Gasteiger partial charge in [-0.1, -0.05) is 41.9 Å². The Kier molecular flexibility index (Phi) is 3.39. The Morgan fingerprint density at radius 3 is 2.62 bits per heavy atom. The lowest BCUT2D eigenvalue weighted by atomic mass is 10.1. The van der Waals surface area contributed by atoms with E-state index >= 15 is 0 Å². The van der Waals surface area contributed by atoms with Crippen molar-refractivity contribution >= 4 is 22.6 Å². The van der Waals surface area contributed by atoms with Gasteiger partial charge >= 0.3 is 0 Å². The predicted molar refractivity (Wildman–Crippen MR) is 83.1 cm³/mol. The predicted octanol–water partition coefficient (Wildman–Crippen LogP) is 3.45. The van der Waals surface area contributed by atoms with E-state index in [4.69, 9.17) is 11.6 Å². The molecule has 0 amide bonds. The molecule has 5 heteroatoms. The van der Waals surface area contributed by atoms with Crippen LogP contribution in [-0.2, 0) is 6.42 Å². The Morgan fingerprint density at radius 2 is 1.90 bits per heavy atom. The first-order valence-corrected chi connectivity index (χ1v) is 6.93. The molecule has 3 aromatic rings. The summed E-state index contributed by atoms with van der Waals surface area (Å²) in [4.78, 5) is 12.5. The summed E-state index contributed by atoms with van der Waals surface area (Å²) in [5, 5.41) is 12.8. The highest BCUT2D eigenvalue weighted by Crippen LogP contribution is 2.19. The van der Waals surface area contributed by atoms with Crippen LogP contribution in [0.4, 0.5) is 0 Å². The number of hydrogen-bond acceptors (Lipinski definition) is 2. The lowest BCUT2D eigenvalue weighted by Gasteiger charge is -2.16. The number of halogens is 1. The lowest BCUT2D eigenvalue weighted by Crippen LogP contribution is -2.27. The average Bonchev–Trinajstić information content (AvgIpc) is 2.50. The normalized spacial score (nSPS) is 11.0. The van der Waals surface area contributed by atoms with Gasteiger partial charge in [0, 0.05) is 16.0 Å².